The molecule has 3 N–H and O–H groups in total. The van der Waals surface area contributed by atoms with E-state index >= 15 is 0 Å². The lowest BCUT2D eigenvalue weighted by atomic mass is 9.79. The standard InChI is InChI=1S/C17H17NO4/c1-17(16(21)22,12-5-3-2-4-6-12)11-15(20)18-13-7-9-14(19)10-8-13/h2-10,19H,11H2,1H3,(H,18,20)(H,21,22). The molecular formula is C17H17NO4. The van der Waals surface area contributed by atoms with E-state index in [1.807, 2.05) is 0 Å². The van der Waals surface area contributed by atoms with Crippen molar-refractivity contribution in [3.63, 3.8) is 0 Å². The van der Waals surface area contributed by atoms with Crippen LogP contribution < -0.4 is 5.32 Å². The summed E-state index contributed by atoms with van der Waals surface area (Å²) < 4.78 is 0. The quantitative estimate of drug-likeness (QED) is 0.741. The highest BCUT2D eigenvalue weighted by Crippen LogP contribution is 2.28. The fourth-order valence-electron chi connectivity index (χ4n) is 2.18. The van der Waals surface area contributed by atoms with Crippen LogP contribution in [0.3, 0.4) is 0 Å². The molecule has 0 radical (unpaired) electrons. The number of carbonyl (C=O) groups is 2. The fourth-order valence-corrected chi connectivity index (χ4v) is 2.18. The third-order valence-corrected chi connectivity index (χ3v) is 3.55. The summed E-state index contributed by atoms with van der Waals surface area (Å²) in [5.41, 5.74) is -0.227. The molecule has 0 heterocycles. The number of rotatable bonds is 5. The molecule has 0 bridgehead atoms. The van der Waals surface area contributed by atoms with Crippen molar-refractivity contribution >= 4 is 17.6 Å². The van der Waals surface area contributed by atoms with Crippen molar-refractivity contribution < 1.29 is 19.8 Å². The van der Waals surface area contributed by atoms with Gasteiger partial charge >= 0.3 is 5.97 Å². The Morgan fingerprint density at radius 1 is 1.05 bits per heavy atom. The number of carboxylic acids is 1. The maximum atomic E-state index is 12.2. The highest BCUT2D eigenvalue weighted by Gasteiger charge is 2.37. The highest BCUT2D eigenvalue weighted by molar-refractivity contribution is 5.96. The first-order valence-electron chi connectivity index (χ1n) is 6.79. The lowest BCUT2D eigenvalue weighted by Crippen LogP contribution is -2.36. The second-order valence-electron chi connectivity index (χ2n) is 5.28. The molecule has 0 fully saturated rings. The van der Waals surface area contributed by atoms with Crippen molar-refractivity contribution in [3.8, 4) is 5.75 Å². The van der Waals surface area contributed by atoms with Crippen LogP contribution in [0.2, 0.25) is 0 Å². The van der Waals surface area contributed by atoms with Crippen molar-refractivity contribution in [2.24, 2.45) is 0 Å². The van der Waals surface area contributed by atoms with Crippen molar-refractivity contribution in [2.75, 3.05) is 5.32 Å². The Balaban J connectivity index is 2.16. The van der Waals surface area contributed by atoms with E-state index in [0.717, 1.165) is 0 Å². The van der Waals surface area contributed by atoms with Crippen LogP contribution in [0.15, 0.2) is 54.6 Å². The molecule has 0 spiro atoms. The van der Waals surface area contributed by atoms with Crippen molar-refractivity contribution in [2.45, 2.75) is 18.8 Å². The third kappa shape index (κ3) is 3.44. The van der Waals surface area contributed by atoms with Crippen LogP contribution in [0, 0.1) is 0 Å². The summed E-state index contributed by atoms with van der Waals surface area (Å²) in [6, 6.07) is 14.7. The number of hydrogen-bond acceptors (Lipinski definition) is 3. The second kappa shape index (κ2) is 6.30. The summed E-state index contributed by atoms with van der Waals surface area (Å²) in [4.78, 5) is 23.8. The predicted octanol–water partition coefficient (Wildman–Crippen LogP) is 2.76. The Hall–Kier alpha value is -2.82. The summed E-state index contributed by atoms with van der Waals surface area (Å²) in [6.45, 7) is 1.53. The van der Waals surface area contributed by atoms with Crippen LogP contribution in [0.25, 0.3) is 0 Å². The Labute approximate surface area is 128 Å². The molecule has 2 aromatic carbocycles. The molecule has 1 unspecified atom stereocenters. The van der Waals surface area contributed by atoms with E-state index in [4.69, 9.17) is 0 Å². The van der Waals surface area contributed by atoms with Gasteiger partial charge in [-0.2, -0.15) is 0 Å². The van der Waals surface area contributed by atoms with Crippen LogP contribution in [0.4, 0.5) is 5.69 Å². The first kappa shape index (κ1) is 15.6. The van der Waals surface area contributed by atoms with Gasteiger partial charge in [-0.1, -0.05) is 30.3 Å². The molecule has 22 heavy (non-hydrogen) atoms. The first-order chi connectivity index (χ1) is 10.4. The van der Waals surface area contributed by atoms with Gasteiger partial charge in [0.15, 0.2) is 0 Å². The van der Waals surface area contributed by atoms with Gasteiger partial charge in [-0.3, -0.25) is 9.59 Å². The Kier molecular flexibility index (Phi) is 4.46. The first-order valence-corrected chi connectivity index (χ1v) is 6.79. The number of carbonyl (C=O) groups excluding carboxylic acids is 1. The Bertz CT molecular complexity index is 667. The van der Waals surface area contributed by atoms with Gasteiger partial charge in [0.25, 0.3) is 0 Å². The molecule has 0 aromatic heterocycles. The Morgan fingerprint density at radius 2 is 1.64 bits per heavy atom. The number of phenolic OH excluding ortho intramolecular Hbond substituents is 1. The predicted molar refractivity (Wildman–Crippen MR) is 82.8 cm³/mol. The van der Waals surface area contributed by atoms with E-state index in [2.05, 4.69) is 5.32 Å². The largest absolute Gasteiger partial charge is 0.508 e. The van der Waals surface area contributed by atoms with Crippen LogP contribution in [-0.4, -0.2) is 22.1 Å². The molecular weight excluding hydrogens is 282 g/mol. The number of anilines is 1. The molecule has 1 amide bonds. The minimum atomic E-state index is -1.30. The number of amides is 1. The summed E-state index contributed by atoms with van der Waals surface area (Å²) >= 11 is 0. The molecule has 5 nitrogen and oxygen atoms in total. The van der Waals surface area contributed by atoms with Crippen molar-refractivity contribution in [3.05, 3.63) is 60.2 Å². The zero-order chi connectivity index (χ0) is 16.2. The van der Waals surface area contributed by atoms with Gasteiger partial charge in [-0.15, -0.1) is 0 Å². The normalized spacial score (nSPS) is 13.1. The van der Waals surface area contributed by atoms with Crippen molar-refractivity contribution in [1.29, 1.82) is 0 Å². The Morgan fingerprint density at radius 3 is 2.18 bits per heavy atom. The molecule has 2 aromatic rings. The minimum absolute atomic E-state index is 0.0951. The number of hydrogen-bond donors (Lipinski definition) is 3. The van der Waals surface area contributed by atoms with E-state index < -0.39 is 17.3 Å². The number of benzene rings is 2. The van der Waals surface area contributed by atoms with E-state index in [-0.39, 0.29) is 12.2 Å². The number of phenols is 1. The lowest BCUT2D eigenvalue weighted by molar-refractivity contribution is -0.145. The number of aliphatic carboxylic acids is 1. The van der Waals surface area contributed by atoms with Crippen LogP contribution in [0.5, 0.6) is 5.75 Å². The van der Waals surface area contributed by atoms with Gasteiger partial charge in [-0.05, 0) is 36.8 Å². The molecule has 114 valence electrons. The zero-order valence-corrected chi connectivity index (χ0v) is 12.1. The van der Waals surface area contributed by atoms with Gasteiger partial charge in [0, 0.05) is 12.1 Å². The maximum Gasteiger partial charge on any atom is 0.314 e. The smallest absolute Gasteiger partial charge is 0.314 e. The maximum absolute atomic E-state index is 12.2. The molecule has 5 heteroatoms. The molecule has 2 rings (SSSR count). The molecule has 0 saturated heterocycles. The highest BCUT2D eigenvalue weighted by atomic mass is 16.4. The molecule has 0 aliphatic carbocycles. The van der Waals surface area contributed by atoms with Crippen molar-refractivity contribution in [1.82, 2.24) is 0 Å². The van der Waals surface area contributed by atoms with Gasteiger partial charge < -0.3 is 15.5 Å². The summed E-state index contributed by atoms with van der Waals surface area (Å²) in [7, 11) is 0. The second-order valence-corrected chi connectivity index (χ2v) is 5.28. The molecule has 1 atom stereocenters. The topological polar surface area (TPSA) is 86.6 Å². The summed E-state index contributed by atoms with van der Waals surface area (Å²) in [5.74, 6) is -1.36. The van der Waals surface area contributed by atoms with E-state index in [9.17, 15) is 19.8 Å². The third-order valence-electron chi connectivity index (χ3n) is 3.55. The SMILES string of the molecule is CC(CC(=O)Nc1ccc(O)cc1)(C(=O)O)c1ccccc1. The van der Waals surface area contributed by atoms with Gasteiger partial charge in [0.1, 0.15) is 5.75 Å². The average molecular weight is 299 g/mol. The zero-order valence-electron chi connectivity index (χ0n) is 12.1. The average Bonchev–Trinajstić information content (AvgIpc) is 2.50. The number of aromatic hydroxyl groups is 1. The van der Waals surface area contributed by atoms with Gasteiger partial charge in [0.05, 0.1) is 5.41 Å². The van der Waals surface area contributed by atoms with E-state index in [1.54, 1.807) is 42.5 Å². The lowest BCUT2D eigenvalue weighted by Gasteiger charge is -2.24. The summed E-state index contributed by atoms with van der Waals surface area (Å²) in [5, 5.41) is 21.4. The monoisotopic (exact) mass is 299 g/mol. The number of carboxylic acid groups (broad SMARTS) is 1. The minimum Gasteiger partial charge on any atom is -0.508 e. The fraction of sp³-hybridized carbons (Fsp3) is 0.176. The number of nitrogens with one attached hydrogen (secondary N) is 1. The van der Waals surface area contributed by atoms with Crippen LogP contribution >= 0.6 is 0 Å². The molecule has 0 aliphatic heterocycles. The van der Waals surface area contributed by atoms with E-state index in [1.165, 1.54) is 19.1 Å². The van der Waals surface area contributed by atoms with E-state index in [0.29, 0.717) is 11.3 Å². The summed E-state index contributed by atoms with van der Waals surface area (Å²) in [6.07, 6.45) is -0.187. The molecule has 0 saturated carbocycles. The molecule has 0 aliphatic rings. The van der Waals surface area contributed by atoms with Crippen LogP contribution in [0.1, 0.15) is 18.9 Å². The van der Waals surface area contributed by atoms with Crippen LogP contribution in [-0.2, 0) is 15.0 Å². The van der Waals surface area contributed by atoms with Gasteiger partial charge in [0.2, 0.25) is 5.91 Å². The van der Waals surface area contributed by atoms with Gasteiger partial charge in [-0.25, -0.2) is 0 Å².